The van der Waals surface area contributed by atoms with Crippen LogP contribution in [0.5, 0.6) is 5.75 Å². The molecule has 1 aliphatic heterocycles. The van der Waals surface area contributed by atoms with Crippen molar-refractivity contribution in [1.82, 2.24) is 4.31 Å². The summed E-state index contributed by atoms with van der Waals surface area (Å²) in [6, 6.07) is 10.2. The molecule has 1 saturated heterocycles. The number of hydrogen-bond donors (Lipinski definition) is 0. The number of Topliss-reactive ketones (excluding diaryl/α,β-unsaturated/α-hetero) is 1. The Labute approximate surface area is 175 Å². The number of sulfonamides is 1. The Bertz CT molecular complexity index is 1030. The van der Waals surface area contributed by atoms with Crippen LogP contribution in [-0.4, -0.2) is 37.6 Å². The van der Waals surface area contributed by atoms with E-state index in [4.69, 9.17) is 16.3 Å². The Balaban J connectivity index is 1.84. The van der Waals surface area contributed by atoms with Gasteiger partial charge in [-0.2, -0.15) is 4.31 Å². The van der Waals surface area contributed by atoms with E-state index >= 15 is 0 Å². The van der Waals surface area contributed by atoms with Crippen molar-refractivity contribution < 1.29 is 22.7 Å². The third kappa shape index (κ3) is 4.86. The Morgan fingerprint density at radius 1 is 1.10 bits per heavy atom. The van der Waals surface area contributed by atoms with Gasteiger partial charge >= 0.3 is 5.97 Å². The van der Waals surface area contributed by atoms with Crippen molar-refractivity contribution in [2.75, 3.05) is 13.1 Å². The van der Waals surface area contributed by atoms with E-state index < -0.39 is 16.0 Å². The van der Waals surface area contributed by atoms with Crippen LogP contribution in [0, 0.1) is 5.92 Å². The summed E-state index contributed by atoms with van der Waals surface area (Å²) in [5.41, 5.74) is 0.578. The van der Waals surface area contributed by atoms with Gasteiger partial charge in [-0.1, -0.05) is 18.5 Å². The van der Waals surface area contributed by atoms with Crippen LogP contribution < -0.4 is 4.74 Å². The Morgan fingerprint density at radius 3 is 2.38 bits per heavy atom. The number of carbonyl (C=O) groups is 2. The summed E-state index contributed by atoms with van der Waals surface area (Å²) in [4.78, 5) is 23.7. The van der Waals surface area contributed by atoms with Crippen molar-refractivity contribution in [2.24, 2.45) is 5.92 Å². The monoisotopic (exact) mass is 435 g/mol. The maximum Gasteiger partial charge on any atom is 0.343 e. The third-order valence-electron chi connectivity index (χ3n) is 4.88. The first kappa shape index (κ1) is 21.5. The van der Waals surface area contributed by atoms with Gasteiger partial charge in [-0.15, -0.1) is 0 Å². The van der Waals surface area contributed by atoms with Crippen LogP contribution in [0.1, 0.15) is 47.4 Å². The molecule has 154 valence electrons. The molecule has 29 heavy (non-hydrogen) atoms. The van der Waals surface area contributed by atoms with Crippen molar-refractivity contribution in [2.45, 2.75) is 31.6 Å². The summed E-state index contributed by atoms with van der Waals surface area (Å²) in [7, 11) is -3.81. The number of ketones is 1. The lowest BCUT2D eigenvalue weighted by Crippen LogP contribution is -2.39. The fraction of sp³-hybridized carbons (Fsp3) is 0.333. The zero-order valence-corrected chi connectivity index (χ0v) is 17.8. The fourth-order valence-electron chi connectivity index (χ4n) is 3.26. The molecule has 1 aliphatic rings. The van der Waals surface area contributed by atoms with Crippen molar-refractivity contribution in [3.05, 3.63) is 58.6 Å². The van der Waals surface area contributed by atoms with E-state index in [9.17, 15) is 18.0 Å². The van der Waals surface area contributed by atoms with Gasteiger partial charge in [0.25, 0.3) is 0 Å². The number of ether oxygens (including phenoxy) is 1. The number of esters is 1. The van der Waals surface area contributed by atoms with E-state index in [2.05, 4.69) is 0 Å². The second kappa shape index (κ2) is 8.65. The summed E-state index contributed by atoms with van der Waals surface area (Å²) >= 11 is 6.16. The molecule has 0 aromatic heterocycles. The first-order valence-electron chi connectivity index (χ1n) is 9.31. The molecule has 0 amide bonds. The van der Waals surface area contributed by atoms with E-state index in [0.29, 0.717) is 18.7 Å². The topological polar surface area (TPSA) is 80.8 Å². The summed E-state index contributed by atoms with van der Waals surface area (Å²) in [6.07, 6.45) is 1.77. The summed E-state index contributed by atoms with van der Waals surface area (Å²) in [5.74, 6) is -0.282. The zero-order chi connectivity index (χ0) is 21.2. The van der Waals surface area contributed by atoms with Crippen LogP contribution >= 0.6 is 11.6 Å². The minimum absolute atomic E-state index is 0.0607. The molecule has 0 aliphatic carbocycles. The fourth-order valence-corrected chi connectivity index (χ4v) is 5.35. The highest BCUT2D eigenvalue weighted by Crippen LogP contribution is 2.29. The van der Waals surface area contributed by atoms with E-state index in [1.165, 1.54) is 41.6 Å². The quantitative estimate of drug-likeness (QED) is 0.399. The largest absolute Gasteiger partial charge is 0.423 e. The molecule has 0 saturated carbocycles. The van der Waals surface area contributed by atoms with Crippen LogP contribution in [0.4, 0.5) is 0 Å². The second-order valence-corrected chi connectivity index (χ2v) is 9.54. The average Bonchev–Trinajstić information content (AvgIpc) is 2.68. The van der Waals surface area contributed by atoms with Gasteiger partial charge in [0, 0.05) is 18.7 Å². The number of nitrogens with zero attached hydrogens (tertiary/aromatic N) is 1. The highest BCUT2D eigenvalue weighted by molar-refractivity contribution is 7.89. The van der Waals surface area contributed by atoms with Crippen LogP contribution in [-0.2, 0) is 10.0 Å². The Hall–Kier alpha value is -2.22. The number of carbonyl (C=O) groups excluding carboxylic acids is 2. The molecule has 1 heterocycles. The first-order valence-corrected chi connectivity index (χ1v) is 11.1. The molecule has 8 heteroatoms. The van der Waals surface area contributed by atoms with Gasteiger partial charge in [0.1, 0.15) is 10.6 Å². The van der Waals surface area contributed by atoms with E-state index in [1.54, 1.807) is 12.1 Å². The predicted octanol–water partition coefficient (Wildman–Crippen LogP) is 4.18. The van der Waals surface area contributed by atoms with Crippen LogP contribution in [0.25, 0.3) is 0 Å². The van der Waals surface area contributed by atoms with Gasteiger partial charge in [0.15, 0.2) is 5.78 Å². The number of hydrogen-bond acceptors (Lipinski definition) is 5. The maximum absolute atomic E-state index is 13.0. The van der Waals surface area contributed by atoms with Gasteiger partial charge in [0.05, 0.1) is 10.6 Å². The predicted molar refractivity (Wildman–Crippen MR) is 110 cm³/mol. The molecule has 0 spiro atoms. The van der Waals surface area contributed by atoms with Crippen molar-refractivity contribution in [1.29, 1.82) is 0 Å². The van der Waals surface area contributed by atoms with E-state index in [-0.39, 0.29) is 32.9 Å². The summed E-state index contributed by atoms with van der Waals surface area (Å²) in [5, 5.41) is 0.0607. The number of halogens is 1. The standard InChI is InChI=1S/C21H22ClNO5S/c1-14-4-3-11-23(13-14)29(26,27)20-12-17(7-10-19(20)22)21(25)28-18-8-5-16(6-9-18)15(2)24/h5-10,12,14H,3-4,11,13H2,1-2H3/t14-/m0/s1. The van der Waals surface area contributed by atoms with Gasteiger partial charge in [0.2, 0.25) is 10.0 Å². The lowest BCUT2D eigenvalue weighted by Gasteiger charge is -2.30. The maximum atomic E-state index is 13.0. The van der Waals surface area contributed by atoms with Crippen molar-refractivity contribution >= 4 is 33.4 Å². The van der Waals surface area contributed by atoms with Crippen molar-refractivity contribution in [3.8, 4) is 5.75 Å². The molecule has 3 rings (SSSR count). The zero-order valence-electron chi connectivity index (χ0n) is 16.2. The SMILES string of the molecule is CC(=O)c1ccc(OC(=O)c2ccc(Cl)c(S(=O)(=O)N3CCC[C@H](C)C3)c2)cc1. The Morgan fingerprint density at radius 2 is 1.76 bits per heavy atom. The van der Waals surface area contributed by atoms with E-state index in [1.807, 2.05) is 6.92 Å². The molecule has 0 unspecified atom stereocenters. The van der Waals surface area contributed by atoms with Gasteiger partial charge in [-0.05, 0) is 68.1 Å². The molecule has 2 aromatic carbocycles. The van der Waals surface area contributed by atoms with Crippen LogP contribution in [0.15, 0.2) is 47.4 Å². The molecular weight excluding hydrogens is 414 g/mol. The third-order valence-corrected chi connectivity index (χ3v) is 7.22. The van der Waals surface area contributed by atoms with Crippen molar-refractivity contribution in [3.63, 3.8) is 0 Å². The van der Waals surface area contributed by atoms with Crippen LogP contribution in [0.3, 0.4) is 0 Å². The van der Waals surface area contributed by atoms with Gasteiger partial charge in [-0.25, -0.2) is 13.2 Å². The molecule has 0 bridgehead atoms. The highest BCUT2D eigenvalue weighted by Gasteiger charge is 2.31. The lowest BCUT2D eigenvalue weighted by molar-refractivity contribution is 0.0734. The van der Waals surface area contributed by atoms with Gasteiger partial charge < -0.3 is 4.74 Å². The van der Waals surface area contributed by atoms with Gasteiger partial charge in [-0.3, -0.25) is 4.79 Å². The molecule has 0 N–H and O–H groups in total. The number of benzene rings is 2. The molecule has 1 fully saturated rings. The average molecular weight is 436 g/mol. The summed E-state index contributed by atoms with van der Waals surface area (Å²) < 4.78 is 32.8. The van der Waals surface area contributed by atoms with Crippen LogP contribution in [0.2, 0.25) is 5.02 Å². The number of piperidine rings is 1. The minimum Gasteiger partial charge on any atom is -0.423 e. The number of rotatable bonds is 5. The normalized spacial score (nSPS) is 17.7. The lowest BCUT2D eigenvalue weighted by atomic mass is 10.0. The summed E-state index contributed by atoms with van der Waals surface area (Å²) in [6.45, 7) is 4.31. The molecule has 6 nitrogen and oxygen atoms in total. The second-order valence-electron chi connectivity index (χ2n) is 7.23. The molecule has 0 radical (unpaired) electrons. The molecule has 1 atom stereocenters. The smallest absolute Gasteiger partial charge is 0.343 e. The Kier molecular flexibility index (Phi) is 6.41. The highest BCUT2D eigenvalue weighted by atomic mass is 35.5. The first-order chi connectivity index (χ1) is 13.7. The molecular formula is C21H22ClNO5S. The molecule has 2 aromatic rings. The van der Waals surface area contributed by atoms with E-state index in [0.717, 1.165) is 12.8 Å². The minimum atomic E-state index is -3.81.